The number of nitrogens with zero attached hydrogens (tertiary/aromatic N) is 2. The number of likely N-dealkylation sites (N-methyl/N-ethyl adjacent to an activating group) is 1. The van der Waals surface area contributed by atoms with E-state index in [4.69, 9.17) is 20.1 Å². The Morgan fingerprint density at radius 2 is 1.74 bits per heavy atom. The summed E-state index contributed by atoms with van der Waals surface area (Å²) >= 11 is 0. The maximum atomic E-state index is 12.9. The normalized spacial score (nSPS) is 23.7. The number of carbonyl (C=O) groups is 1. The van der Waals surface area contributed by atoms with Gasteiger partial charge in [-0.15, -0.1) is 0 Å². The highest BCUT2D eigenvalue weighted by atomic mass is 16.9. The standard InChI is InChI=1S/C19H28NO3.NO3/c1-20(2)13-12-17(14-20)23-18(21)19(22,16-10-6-7-11-16)15-8-4-3-5-9-15;2-1(3)4/h3-5,8-9,16-17,22H,6-7,10-14H2,1-2H3;/q+1;-1. The van der Waals surface area contributed by atoms with Crippen LogP contribution in [0.15, 0.2) is 30.3 Å². The Morgan fingerprint density at radius 1 is 1.19 bits per heavy atom. The molecule has 1 aromatic rings. The van der Waals surface area contributed by atoms with Crippen LogP contribution in [0.4, 0.5) is 0 Å². The monoisotopic (exact) mass is 380 g/mol. The molecule has 1 saturated carbocycles. The summed E-state index contributed by atoms with van der Waals surface area (Å²) in [5.41, 5.74) is -0.832. The lowest BCUT2D eigenvalue weighted by molar-refractivity contribution is -0.879. The maximum absolute atomic E-state index is 12.9. The van der Waals surface area contributed by atoms with Gasteiger partial charge in [-0.1, -0.05) is 43.2 Å². The number of quaternary nitrogens is 1. The summed E-state index contributed by atoms with van der Waals surface area (Å²) < 4.78 is 6.64. The van der Waals surface area contributed by atoms with Crippen molar-refractivity contribution in [3.05, 3.63) is 51.2 Å². The summed E-state index contributed by atoms with van der Waals surface area (Å²) in [7, 11) is 4.29. The lowest BCUT2D eigenvalue weighted by Gasteiger charge is -2.33. The van der Waals surface area contributed by atoms with Crippen LogP contribution in [0.25, 0.3) is 0 Å². The van der Waals surface area contributed by atoms with Gasteiger partial charge < -0.3 is 29.6 Å². The Hall–Kier alpha value is -2.19. The van der Waals surface area contributed by atoms with E-state index in [0.717, 1.165) is 49.7 Å². The summed E-state index contributed by atoms with van der Waals surface area (Å²) in [6.07, 6.45) is 4.68. The fourth-order valence-corrected chi connectivity index (χ4v) is 4.12. The molecule has 150 valence electrons. The molecule has 0 amide bonds. The van der Waals surface area contributed by atoms with Crippen LogP contribution in [-0.2, 0) is 15.1 Å². The number of esters is 1. The molecule has 27 heavy (non-hydrogen) atoms. The highest BCUT2D eigenvalue weighted by molar-refractivity contribution is 5.81. The zero-order valence-electron chi connectivity index (χ0n) is 15.9. The van der Waals surface area contributed by atoms with Gasteiger partial charge in [0, 0.05) is 12.3 Å². The van der Waals surface area contributed by atoms with Crippen LogP contribution in [0.2, 0.25) is 0 Å². The van der Waals surface area contributed by atoms with E-state index >= 15 is 0 Å². The first-order chi connectivity index (χ1) is 12.6. The van der Waals surface area contributed by atoms with Crippen molar-refractivity contribution in [2.75, 3.05) is 27.2 Å². The van der Waals surface area contributed by atoms with E-state index < -0.39 is 16.7 Å². The Bertz CT molecular complexity index is 641. The summed E-state index contributed by atoms with van der Waals surface area (Å²) in [6.45, 7) is 1.83. The average molecular weight is 380 g/mol. The molecule has 2 unspecified atom stereocenters. The van der Waals surface area contributed by atoms with Crippen LogP contribution in [0.5, 0.6) is 0 Å². The second-order valence-corrected chi connectivity index (χ2v) is 8.00. The van der Waals surface area contributed by atoms with E-state index in [0.29, 0.717) is 5.56 Å². The second-order valence-electron chi connectivity index (χ2n) is 8.00. The number of rotatable bonds is 4. The molecule has 1 N–H and O–H groups in total. The smallest absolute Gasteiger partial charge is 0.343 e. The highest BCUT2D eigenvalue weighted by Gasteiger charge is 2.49. The van der Waals surface area contributed by atoms with Gasteiger partial charge in [-0.3, -0.25) is 0 Å². The van der Waals surface area contributed by atoms with Crippen LogP contribution >= 0.6 is 0 Å². The Balaban J connectivity index is 0.000000596. The molecule has 0 aromatic heterocycles. The summed E-state index contributed by atoms with van der Waals surface area (Å²) in [4.78, 5) is 21.2. The topological polar surface area (TPSA) is 113 Å². The van der Waals surface area contributed by atoms with Crippen molar-refractivity contribution in [3.63, 3.8) is 0 Å². The molecule has 1 aliphatic carbocycles. The molecule has 1 aromatic carbocycles. The predicted molar refractivity (Wildman–Crippen MR) is 99.0 cm³/mol. The Labute approximate surface area is 159 Å². The molecule has 0 radical (unpaired) electrons. The highest BCUT2D eigenvalue weighted by Crippen LogP contribution is 2.42. The van der Waals surface area contributed by atoms with E-state index in [-0.39, 0.29) is 12.0 Å². The molecule has 0 bridgehead atoms. The van der Waals surface area contributed by atoms with E-state index in [2.05, 4.69) is 14.1 Å². The molecule has 2 aliphatic rings. The molecule has 2 atom stereocenters. The molecule has 8 heteroatoms. The molecule has 8 nitrogen and oxygen atoms in total. The zero-order valence-corrected chi connectivity index (χ0v) is 15.9. The number of carbonyl (C=O) groups excluding carboxylic acids is 1. The first-order valence-electron chi connectivity index (χ1n) is 9.27. The SMILES string of the molecule is C[N+]1(C)CCC(OC(=O)C(O)(c2ccccc2)C2CCCC2)C1.O=[N+]([O-])[O-]. The molecule has 1 heterocycles. The molecule has 0 spiro atoms. The second kappa shape index (κ2) is 8.67. The number of ether oxygens (including phenoxy) is 1. The van der Waals surface area contributed by atoms with Gasteiger partial charge in [0.2, 0.25) is 0 Å². The Morgan fingerprint density at radius 3 is 2.22 bits per heavy atom. The quantitative estimate of drug-likeness (QED) is 0.371. The molecule has 3 rings (SSSR count). The van der Waals surface area contributed by atoms with Gasteiger partial charge >= 0.3 is 5.97 Å². The number of hydrogen-bond donors (Lipinski definition) is 1. The van der Waals surface area contributed by atoms with Gasteiger partial charge in [0.1, 0.15) is 6.54 Å². The van der Waals surface area contributed by atoms with Crippen molar-refractivity contribution in [1.82, 2.24) is 0 Å². The first-order valence-corrected chi connectivity index (χ1v) is 9.27. The van der Waals surface area contributed by atoms with Crippen LogP contribution in [-0.4, -0.2) is 53.9 Å². The third kappa shape index (κ3) is 5.40. The van der Waals surface area contributed by atoms with Gasteiger partial charge in [0.25, 0.3) is 0 Å². The van der Waals surface area contributed by atoms with E-state index in [1.165, 1.54) is 0 Å². The number of benzene rings is 1. The minimum absolute atomic E-state index is 0.0405. The zero-order chi connectivity index (χ0) is 20.1. The third-order valence-electron chi connectivity index (χ3n) is 5.50. The van der Waals surface area contributed by atoms with Crippen LogP contribution in [0.1, 0.15) is 37.7 Å². The van der Waals surface area contributed by atoms with E-state index in [9.17, 15) is 9.90 Å². The van der Waals surface area contributed by atoms with E-state index in [1.807, 2.05) is 30.3 Å². The predicted octanol–water partition coefficient (Wildman–Crippen LogP) is 2.22. The number of hydrogen-bond acceptors (Lipinski definition) is 6. The molecule has 2 fully saturated rings. The molecular weight excluding hydrogens is 352 g/mol. The van der Waals surface area contributed by atoms with Gasteiger partial charge in [-0.05, 0) is 18.4 Å². The molecule has 1 aliphatic heterocycles. The summed E-state index contributed by atoms with van der Waals surface area (Å²) in [6, 6.07) is 9.33. The summed E-state index contributed by atoms with van der Waals surface area (Å²) in [5, 5.41) is 26.1. The Kier molecular flexibility index (Phi) is 6.78. The molecule has 1 saturated heterocycles. The molecular formula is C19H28N2O6. The van der Waals surface area contributed by atoms with Crippen molar-refractivity contribution >= 4 is 5.97 Å². The van der Waals surface area contributed by atoms with Crippen molar-refractivity contribution in [1.29, 1.82) is 0 Å². The van der Waals surface area contributed by atoms with Crippen LogP contribution in [0, 0.1) is 21.2 Å². The largest absolute Gasteiger partial charge is 0.454 e. The van der Waals surface area contributed by atoms with Crippen molar-refractivity contribution in [2.24, 2.45) is 5.92 Å². The average Bonchev–Trinajstić information content (AvgIpc) is 3.24. The fraction of sp³-hybridized carbons (Fsp3) is 0.632. The lowest BCUT2D eigenvalue weighted by atomic mass is 9.80. The maximum Gasteiger partial charge on any atom is 0.343 e. The van der Waals surface area contributed by atoms with Gasteiger partial charge in [-0.2, -0.15) is 0 Å². The minimum atomic E-state index is -1.75. The summed E-state index contributed by atoms with van der Waals surface area (Å²) in [5.74, 6) is -0.496. The van der Waals surface area contributed by atoms with Crippen molar-refractivity contribution in [2.45, 2.75) is 43.8 Å². The fourth-order valence-electron chi connectivity index (χ4n) is 4.12. The van der Waals surface area contributed by atoms with Crippen molar-refractivity contribution in [3.8, 4) is 0 Å². The number of likely N-dealkylation sites (tertiary alicyclic amines) is 1. The van der Waals surface area contributed by atoms with Gasteiger partial charge in [0.05, 0.1) is 25.7 Å². The van der Waals surface area contributed by atoms with E-state index in [1.54, 1.807) is 0 Å². The van der Waals surface area contributed by atoms with Crippen LogP contribution in [0.3, 0.4) is 0 Å². The number of aliphatic hydroxyl groups is 1. The van der Waals surface area contributed by atoms with Gasteiger partial charge in [-0.25, -0.2) is 4.79 Å². The van der Waals surface area contributed by atoms with Crippen molar-refractivity contribution < 1.29 is 24.2 Å². The first kappa shape index (κ1) is 21.1. The van der Waals surface area contributed by atoms with Crippen LogP contribution < -0.4 is 0 Å². The third-order valence-corrected chi connectivity index (χ3v) is 5.50. The lowest BCUT2D eigenvalue weighted by Crippen LogP contribution is -2.46. The minimum Gasteiger partial charge on any atom is -0.454 e. The van der Waals surface area contributed by atoms with Gasteiger partial charge in [0.15, 0.2) is 11.7 Å².